The highest BCUT2D eigenvalue weighted by Crippen LogP contribution is 2.24. The van der Waals surface area contributed by atoms with Crippen molar-refractivity contribution in [2.45, 2.75) is 19.9 Å². The van der Waals surface area contributed by atoms with Crippen LogP contribution in [0.3, 0.4) is 0 Å². The van der Waals surface area contributed by atoms with E-state index in [1.165, 1.54) is 36.4 Å². The van der Waals surface area contributed by atoms with Crippen molar-refractivity contribution >= 4 is 15.7 Å². The maximum absolute atomic E-state index is 13.5. The molecule has 0 N–H and O–H groups in total. The molecule has 0 spiro atoms. The fourth-order valence-corrected chi connectivity index (χ4v) is 3.74. The fraction of sp³-hybridized carbons (Fsp3) is 0.235. The van der Waals surface area contributed by atoms with E-state index in [0.717, 1.165) is 10.4 Å². The van der Waals surface area contributed by atoms with Crippen molar-refractivity contribution in [3.8, 4) is 6.07 Å². The Balaban J connectivity index is 2.47. The van der Waals surface area contributed by atoms with Crippen LogP contribution in [-0.2, 0) is 16.6 Å². The fourth-order valence-electron chi connectivity index (χ4n) is 2.23. The zero-order chi connectivity index (χ0) is 17.7. The predicted molar refractivity (Wildman–Crippen MR) is 87.8 cm³/mol. The van der Waals surface area contributed by atoms with Crippen LogP contribution in [0.1, 0.15) is 24.5 Å². The summed E-state index contributed by atoms with van der Waals surface area (Å²) in [6, 6.07) is 10.7. The van der Waals surface area contributed by atoms with Gasteiger partial charge in [-0.1, -0.05) is 19.1 Å². The van der Waals surface area contributed by atoms with E-state index in [0.29, 0.717) is 12.0 Å². The van der Waals surface area contributed by atoms with E-state index in [2.05, 4.69) is 0 Å². The van der Waals surface area contributed by atoms with Gasteiger partial charge in [0.2, 0.25) is 10.0 Å². The zero-order valence-corrected chi connectivity index (χ0v) is 13.9. The molecule has 0 heterocycles. The number of hydrogen-bond acceptors (Lipinski definition) is 3. The second kappa shape index (κ2) is 7.41. The topological polar surface area (TPSA) is 61.2 Å². The minimum Gasteiger partial charge on any atom is -0.266 e. The van der Waals surface area contributed by atoms with Gasteiger partial charge in [-0.05, 0) is 42.3 Å². The Morgan fingerprint density at radius 3 is 2.38 bits per heavy atom. The average molecular weight is 350 g/mol. The van der Waals surface area contributed by atoms with Gasteiger partial charge >= 0.3 is 0 Å². The first kappa shape index (κ1) is 17.9. The zero-order valence-electron chi connectivity index (χ0n) is 13.0. The van der Waals surface area contributed by atoms with E-state index in [9.17, 15) is 17.2 Å². The van der Waals surface area contributed by atoms with E-state index in [-0.39, 0.29) is 23.5 Å². The number of sulfonamides is 1. The Hall–Kier alpha value is -2.46. The van der Waals surface area contributed by atoms with Gasteiger partial charge in [-0.25, -0.2) is 17.2 Å². The molecule has 0 atom stereocenters. The Morgan fingerprint density at radius 1 is 1.12 bits per heavy atom. The predicted octanol–water partition coefficient (Wildman–Crippen LogP) is 3.58. The lowest BCUT2D eigenvalue weighted by Gasteiger charge is -2.24. The number of anilines is 1. The van der Waals surface area contributed by atoms with E-state index in [1.54, 1.807) is 13.0 Å². The van der Waals surface area contributed by atoms with Crippen LogP contribution in [0, 0.1) is 23.0 Å². The van der Waals surface area contributed by atoms with Crippen molar-refractivity contribution < 1.29 is 17.2 Å². The molecular formula is C17H16F2N2O2S. The molecule has 0 bridgehead atoms. The van der Waals surface area contributed by atoms with Crippen molar-refractivity contribution in [3.63, 3.8) is 0 Å². The van der Waals surface area contributed by atoms with Crippen LogP contribution < -0.4 is 4.31 Å². The molecule has 0 aliphatic carbocycles. The molecule has 0 aliphatic heterocycles. The molecule has 4 nitrogen and oxygen atoms in total. The Kier molecular flexibility index (Phi) is 5.52. The molecule has 0 fully saturated rings. The summed E-state index contributed by atoms with van der Waals surface area (Å²) in [7, 11) is -3.66. The van der Waals surface area contributed by atoms with Crippen LogP contribution >= 0.6 is 0 Å². The minimum absolute atomic E-state index is 0.0287. The first-order valence-electron chi connectivity index (χ1n) is 7.32. The Labute approximate surface area is 140 Å². The average Bonchev–Trinajstić information content (AvgIpc) is 2.55. The first-order chi connectivity index (χ1) is 11.4. The third kappa shape index (κ3) is 4.09. The number of rotatable bonds is 6. The van der Waals surface area contributed by atoms with Gasteiger partial charge in [-0.3, -0.25) is 4.31 Å². The van der Waals surface area contributed by atoms with Crippen LogP contribution in [-0.4, -0.2) is 14.2 Å². The summed E-state index contributed by atoms with van der Waals surface area (Å²) in [5, 5.41) is 8.95. The summed E-state index contributed by atoms with van der Waals surface area (Å²) in [4.78, 5) is 0. The van der Waals surface area contributed by atoms with Crippen LogP contribution in [0.15, 0.2) is 42.5 Å². The van der Waals surface area contributed by atoms with E-state index >= 15 is 0 Å². The first-order valence-corrected chi connectivity index (χ1v) is 8.93. The van der Waals surface area contributed by atoms with Crippen molar-refractivity contribution in [1.29, 1.82) is 5.26 Å². The lowest BCUT2D eigenvalue weighted by Crippen LogP contribution is -2.32. The van der Waals surface area contributed by atoms with Crippen molar-refractivity contribution in [3.05, 3.63) is 65.2 Å². The summed E-state index contributed by atoms with van der Waals surface area (Å²) < 4.78 is 52.8. The summed E-state index contributed by atoms with van der Waals surface area (Å²) in [5.41, 5.74) is 0.549. The van der Waals surface area contributed by atoms with Crippen molar-refractivity contribution in [2.75, 3.05) is 10.1 Å². The molecule has 0 aliphatic rings. The van der Waals surface area contributed by atoms with E-state index in [1.807, 2.05) is 0 Å². The molecule has 0 aromatic heterocycles. The molecular weight excluding hydrogens is 334 g/mol. The van der Waals surface area contributed by atoms with Crippen molar-refractivity contribution in [2.24, 2.45) is 0 Å². The second-order valence-corrected chi connectivity index (χ2v) is 7.24. The molecule has 0 radical (unpaired) electrons. The van der Waals surface area contributed by atoms with E-state index in [4.69, 9.17) is 5.26 Å². The molecule has 2 rings (SSSR count). The second-order valence-electron chi connectivity index (χ2n) is 5.23. The molecule has 2 aromatic carbocycles. The summed E-state index contributed by atoms with van der Waals surface area (Å²) in [6.45, 7) is 1.71. The number of nitrogens with zero attached hydrogens (tertiary/aromatic N) is 2. The smallest absolute Gasteiger partial charge is 0.235 e. The third-order valence-electron chi connectivity index (χ3n) is 3.40. The minimum atomic E-state index is -3.66. The van der Waals surface area contributed by atoms with Crippen LogP contribution in [0.2, 0.25) is 0 Å². The maximum atomic E-state index is 13.5. The van der Waals surface area contributed by atoms with Gasteiger partial charge in [0.25, 0.3) is 0 Å². The molecule has 24 heavy (non-hydrogen) atoms. The van der Waals surface area contributed by atoms with Gasteiger partial charge in [0.1, 0.15) is 17.7 Å². The molecule has 7 heteroatoms. The highest BCUT2D eigenvalue weighted by molar-refractivity contribution is 7.92. The standard InChI is InChI=1S/C17H16F2N2O2S/c1-2-9-24(22,23)21(12-13-3-5-15(18)6-4-13)16-7-8-17(19)14(10-16)11-20/h3-8,10H,2,9,12H2,1H3. The van der Waals surface area contributed by atoms with Crippen LogP contribution in [0.25, 0.3) is 0 Å². The maximum Gasteiger partial charge on any atom is 0.235 e. The third-order valence-corrected chi connectivity index (χ3v) is 5.33. The van der Waals surface area contributed by atoms with Gasteiger partial charge in [-0.15, -0.1) is 0 Å². The SMILES string of the molecule is CCCS(=O)(=O)N(Cc1ccc(F)cc1)c1ccc(F)c(C#N)c1. The van der Waals surface area contributed by atoms with Gasteiger partial charge in [-0.2, -0.15) is 5.26 Å². The van der Waals surface area contributed by atoms with Gasteiger partial charge in [0.15, 0.2) is 0 Å². The molecule has 0 saturated heterocycles. The number of nitriles is 1. The molecule has 0 amide bonds. The van der Waals surface area contributed by atoms with Crippen LogP contribution in [0.4, 0.5) is 14.5 Å². The molecule has 0 unspecified atom stereocenters. The normalized spacial score (nSPS) is 11.1. The van der Waals surface area contributed by atoms with Gasteiger partial charge in [0, 0.05) is 0 Å². The molecule has 126 valence electrons. The van der Waals surface area contributed by atoms with Crippen molar-refractivity contribution in [1.82, 2.24) is 0 Å². The summed E-state index contributed by atoms with van der Waals surface area (Å²) in [6.07, 6.45) is 0.411. The largest absolute Gasteiger partial charge is 0.266 e. The highest BCUT2D eigenvalue weighted by Gasteiger charge is 2.23. The molecule has 0 saturated carbocycles. The van der Waals surface area contributed by atoms with E-state index < -0.39 is 21.7 Å². The molecule has 2 aromatic rings. The summed E-state index contributed by atoms with van der Waals surface area (Å²) in [5.74, 6) is -1.22. The quantitative estimate of drug-likeness (QED) is 0.800. The van der Waals surface area contributed by atoms with Gasteiger partial charge < -0.3 is 0 Å². The Morgan fingerprint density at radius 2 is 1.79 bits per heavy atom. The Bertz CT molecular complexity index is 859. The number of halogens is 2. The van der Waals surface area contributed by atoms with Crippen LogP contribution in [0.5, 0.6) is 0 Å². The number of hydrogen-bond donors (Lipinski definition) is 0. The summed E-state index contributed by atoms with van der Waals surface area (Å²) >= 11 is 0. The van der Waals surface area contributed by atoms with Gasteiger partial charge in [0.05, 0.1) is 23.5 Å². The monoisotopic (exact) mass is 350 g/mol. The number of benzene rings is 2. The lowest BCUT2D eigenvalue weighted by molar-refractivity contribution is 0.588. The highest BCUT2D eigenvalue weighted by atomic mass is 32.2. The lowest BCUT2D eigenvalue weighted by atomic mass is 10.2.